The average molecular weight is 248 g/mol. The topological polar surface area (TPSA) is 7.94 Å². The Kier molecular flexibility index (Phi) is 2.05. The lowest BCUT2D eigenvalue weighted by Crippen LogP contribution is -2.49. The van der Waals surface area contributed by atoms with Gasteiger partial charge in [-0.05, 0) is 23.7 Å². The summed E-state index contributed by atoms with van der Waals surface area (Å²) in [5.74, 6) is 0. The smallest absolute Gasteiger partial charge is 0.396 e. The lowest BCUT2D eigenvalue weighted by Gasteiger charge is -2.35. The molecule has 0 bridgehead atoms. The van der Waals surface area contributed by atoms with E-state index in [0.29, 0.717) is 11.4 Å². The number of rotatable bonds is 0. The monoisotopic (exact) mass is 248 g/mol. The van der Waals surface area contributed by atoms with Crippen molar-refractivity contribution < 1.29 is 13.1 Å². The molecule has 0 saturated carbocycles. The van der Waals surface area contributed by atoms with Crippen molar-refractivity contribution in [2.75, 3.05) is 0 Å². The first kappa shape index (κ1) is 11.4. The van der Waals surface area contributed by atoms with Gasteiger partial charge in [0.2, 0.25) is 0 Å². The van der Waals surface area contributed by atoms with Crippen molar-refractivity contribution in [1.82, 2.24) is 4.48 Å². The van der Waals surface area contributed by atoms with Gasteiger partial charge in [-0.2, -0.15) is 0 Å². The summed E-state index contributed by atoms with van der Waals surface area (Å²) >= 11 is 0. The van der Waals surface area contributed by atoms with Crippen molar-refractivity contribution in [3.8, 4) is 0 Å². The molecule has 94 valence electrons. The Morgan fingerprint density at radius 1 is 1.28 bits per heavy atom. The van der Waals surface area contributed by atoms with E-state index in [4.69, 9.17) is 0 Å². The van der Waals surface area contributed by atoms with E-state index in [1.54, 1.807) is 24.3 Å². The molecule has 3 rings (SSSR count). The van der Waals surface area contributed by atoms with E-state index in [9.17, 15) is 8.63 Å². The lowest BCUT2D eigenvalue weighted by molar-refractivity contribution is -0.357. The van der Waals surface area contributed by atoms with E-state index in [1.807, 2.05) is 20.8 Å². The zero-order valence-corrected chi connectivity index (χ0v) is 10.7. The molecule has 2 nitrogen and oxygen atoms in total. The number of fused-ring (bicyclic) bond motifs is 2. The molecule has 0 spiro atoms. The summed E-state index contributed by atoms with van der Waals surface area (Å²) in [4.78, 5) is 0. The summed E-state index contributed by atoms with van der Waals surface area (Å²) in [5, 5.41) is 0. The van der Waals surface area contributed by atoms with Crippen LogP contribution in [0.15, 0.2) is 36.2 Å². The Hall–Kier alpha value is -1.65. The predicted molar refractivity (Wildman–Crippen MR) is 69.6 cm³/mol. The quantitative estimate of drug-likeness (QED) is 0.623. The highest BCUT2D eigenvalue weighted by Gasteiger charge is 2.52. The molecule has 0 aromatic carbocycles. The Labute approximate surface area is 105 Å². The van der Waals surface area contributed by atoms with Crippen LogP contribution in [0.4, 0.5) is 8.63 Å². The van der Waals surface area contributed by atoms with Crippen molar-refractivity contribution in [2.24, 2.45) is 5.41 Å². The summed E-state index contributed by atoms with van der Waals surface area (Å²) in [5.41, 5.74) is 2.03. The van der Waals surface area contributed by atoms with Gasteiger partial charge >= 0.3 is 6.97 Å². The number of allylic oxidation sites excluding steroid dienone is 3. The van der Waals surface area contributed by atoms with Crippen LogP contribution in [0.5, 0.6) is 0 Å². The molecule has 0 amide bonds. The highest BCUT2D eigenvalue weighted by atomic mass is 19.2. The maximum atomic E-state index is 14.4. The van der Waals surface area contributed by atoms with Gasteiger partial charge in [0.15, 0.2) is 5.70 Å². The summed E-state index contributed by atoms with van der Waals surface area (Å²) in [6, 6.07) is 3.45. The van der Waals surface area contributed by atoms with Crippen LogP contribution in [0.3, 0.4) is 0 Å². The highest BCUT2D eigenvalue weighted by molar-refractivity contribution is 6.57. The summed E-state index contributed by atoms with van der Waals surface area (Å²) in [7, 11) is 0. The Bertz CT molecular complexity index is 615. The summed E-state index contributed by atoms with van der Waals surface area (Å²) in [6.07, 6.45) is 6.38. The van der Waals surface area contributed by atoms with Crippen LogP contribution in [0.25, 0.3) is 5.57 Å². The van der Waals surface area contributed by atoms with Crippen LogP contribution in [-0.2, 0) is 0 Å². The molecule has 3 heterocycles. The number of hydrogen-bond acceptors (Lipinski definition) is 0. The zero-order valence-electron chi connectivity index (χ0n) is 10.7. The van der Waals surface area contributed by atoms with Crippen LogP contribution >= 0.6 is 0 Å². The lowest BCUT2D eigenvalue weighted by atomic mass is 9.78. The first-order chi connectivity index (χ1) is 8.33. The third-order valence-corrected chi connectivity index (χ3v) is 3.49. The number of aromatic nitrogens is 1. The molecule has 5 heteroatoms. The second kappa shape index (κ2) is 3.22. The molecule has 0 aliphatic carbocycles. The maximum Gasteiger partial charge on any atom is 0.736 e. The SMILES string of the molecule is CC(C)(C)C1=C2C=CC=[N+]2[B-](F)(F)n2cccc21. The minimum Gasteiger partial charge on any atom is -0.396 e. The van der Waals surface area contributed by atoms with Crippen LogP contribution in [0.2, 0.25) is 0 Å². The van der Waals surface area contributed by atoms with Crippen molar-refractivity contribution in [2.45, 2.75) is 20.8 Å². The van der Waals surface area contributed by atoms with E-state index in [0.717, 1.165) is 14.5 Å². The Balaban J connectivity index is 2.38. The molecule has 0 saturated heterocycles. The largest absolute Gasteiger partial charge is 0.736 e. The van der Waals surface area contributed by atoms with Crippen LogP contribution < -0.4 is 0 Å². The van der Waals surface area contributed by atoms with E-state index in [-0.39, 0.29) is 5.41 Å². The van der Waals surface area contributed by atoms with Gasteiger partial charge in [0, 0.05) is 23.4 Å². The van der Waals surface area contributed by atoms with E-state index in [2.05, 4.69) is 0 Å². The number of hydrogen-bond donors (Lipinski definition) is 0. The van der Waals surface area contributed by atoms with E-state index in [1.165, 1.54) is 12.4 Å². The van der Waals surface area contributed by atoms with Gasteiger partial charge in [0.25, 0.3) is 0 Å². The first-order valence-electron chi connectivity index (χ1n) is 6.08. The van der Waals surface area contributed by atoms with Crippen LogP contribution in [0.1, 0.15) is 26.5 Å². The molecular weight excluding hydrogens is 233 g/mol. The third-order valence-electron chi connectivity index (χ3n) is 3.49. The van der Waals surface area contributed by atoms with Gasteiger partial charge in [0.1, 0.15) is 6.21 Å². The molecule has 2 aliphatic rings. The molecule has 0 radical (unpaired) electrons. The summed E-state index contributed by atoms with van der Waals surface area (Å²) < 4.78 is 31.0. The van der Waals surface area contributed by atoms with Crippen molar-refractivity contribution >= 4 is 18.8 Å². The third kappa shape index (κ3) is 1.30. The molecule has 0 fully saturated rings. The van der Waals surface area contributed by atoms with Gasteiger partial charge in [0.05, 0.1) is 0 Å². The fourth-order valence-corrected chi connectivity index (χ4v) is 2.79. The maximum absolute atomic E-state index is 14.4. The van der Waals surface area contributed by atoms with Crippen LogP contribution in [-0.4, -0.2) is 22.1 Å². The fraction of sp³-hybridized carbons (Fsp3) is 0.308. The van der Waals surface area contributed by atoms with Gasteiger partial charge in [-0.3, -0.25) is 0 Å². The molecule has 0 atom stereocenters. The first-order valence-corrected chi connectivity index (χ1v) is 6.08. The standard InChI is InChI=1S/C13H15BF2N2/c1-13(2,3)12-10-6-4-8-17(10)14(15,16)18-9-5-7-11(12)18/h4-9H,1-3H3. The minimum atomic E-state index is -3.76. The summed E-state index contributed by atoms with van der Waals surface area (Å²) in [6.45, 7) is 2.39. The van der Waals surface area contributed by atoms with Crippen molar-refractivity contribution in [1.29, 1.82) is 0 Å². The number of nitrogens with zero attached hydrogens (tertiary/aromatic N) is 2. The van der Waals surface area contributed by atoms with Gasteiger partial charge < -0.3 is 17.6 Å². The van der Waals surface area contributed by atoms with E-state index >= 15 is 0 Å². The second-order valence-electron chi connectivity index (χ2n) is 5.81. The normalized spacial score (nSPS) is 20.8. The molecular formula is C13H15BF2N2. The molecule has 2 aliphatic heterocycles. The number of halogens is 2. The zero-order chi connectivity index (χ0) is 13.1. The second-order valence-corrected chi connectivity index (χ2v) is 5.81. The van der Waals surface area contributed by atoms with Crippen molar-refractivity contribution in [3.63, 3.8) is 0 Å². The highest BCUT2D eigenvalue weighted by Crippen LogP contribution is 2.43. The van der Waals surface area contributed by atoms with Gasteiger partial charge in [-0.1, -0.05) is 20.8 Å². The molecule has 18 heavy (non-hydrogen) atoms. The van der Waals surface area contributed by atoms with Gasteiger partial charge in [-0.15, -0.1) is 0 Å². The molecule has 0 unspecified atom stereocenters. The molecule has 0 N–H and O–H groups in total. The van der Waals surface area contributed by atoms with E-state index < -0.39 is 6.97 Å². The minimum absolute atomic E-state index is 0.182. The van der Waals surface area contributed by atoms with Gasteiger partial charge in [-0.25, -0.2) is 0 Å². The molecule has 1 aromatic rings. The Morgan fingerprint density at radius 3 is 2.67 bits per heavy atom. The van der Waals surface area contributed by atoms with Crippen molar-refractivity contribution in [3.05, 3.63) is 41.9 Å². The van der Waals surface area contributed by atoms with Crippen LogP contribution in [0, 0.1) is 5.41 Å². The average Bonchev–Trinajstić information content (AvgIpc) is 2.83. The Morgan fingerprint density at radius 2 is 2.00 bits per heavy atom. The molecule has 1 aromatic heterocycles. The fourth-order valence-electron chi connectivity index (χ4n) is 2.79. The predicted octanol–water partition coefficient (Wildman–Crippen LogP) is 3.13.